The highest BCUT2D eigenvalue weighted by Crippen LogP contribution is 2.25. The first-order chi connectivity index (χ1) is 9.63. The molecule has 1 amide bonds. The molecular weight excluding hydrogens is 250 g/mol. The first-order valence-corrected chi connectivity index (χ1v) is 7.61. The number of hydrogen-bond donors (Lipinski definition) is 1. The van der Waals surface area contributed by atoms with Gasteiger partial charge >= 0.3 is 0 Å². The molecule has 1 aromatic rings. The lowest BCUT2D eigenvalue weighted by Gasteiger charge is -2.35. The molecule has 1 aliphatic heterocycles. The van der Waals surface area contributed by atoms with Crippen molar-refractivity contribution >= 4 is 11.7 Å². The summed E-state index contributed by atoms with van der Waals surface area (Å²) in [4.78, 5) is 19.0. The number of pyridine rings is 1. The summed E-state index contributed by atoms with van der Waals surface area (Å²) in [6.07, 6.45) is 3.84. The van der Waals surface area contributed by atoms with Crippen molar-refractivity contribution < 1.29 is 4.79 Å². The van der Waals surface area contributed by atoms with E-state index in [4.69, 9.17) is 0 Å². The number of aromatic nitrogens is 1. The Morgan fingerprint density at radius 2 is 2.25 bits per heavy atom. The van der Waals surface area contributed by atoms with Crippen molar-refractivity contribution in [2.75, 3.05) is 25.0 Å². The fourth-order valence-electron chi connectivity index (χ4n) is 2.58. The number of amides is 1. The molecule has 0 aliphatic carbocycles. The normalized spacial score (nSPS) is 22.6. The number of anilines is 1. The van der Waals surface area contributed by atoms with Gasteiger partial charge < -0.3 is 10.2 Å². The number of carbonyl (C=O) groups is 1. The molecule has 1 aliphatic rings. The molecule has 2 atom stereocenters. The molecule has 20 heavy (non-hydrogen) atoms. The van der Waals surface area contributed by atoms with Gasteiger partial charge in [0.25, 0.3) is 5.91 Å². The van der Waals surface area contributed by atoms with Gasteiger partial charge in [-0.25, -0.2) is 4.98 Å². The van der Waals surface area contributed by atoms with Crippen molar-refractivity contribution in [2.45, 2.75) is 33.6 Å². The van der Waals surface area contributed by atoms with Gasteiger partial charge in [0, 0.05) is 25.8 Å². The van der Waals surface area contributed by atoms with Crippen LogP contribution >= 0.6 is 0 Å². The fourth-order valence-corrected chi connectivity index (χ4v) is 2.58. The number of rotatable bonds is 4. The SMILES string of the molecule is CCCNc1ncccc1C(=O)N1CCC(C)C(C)C1. The van der Waals surface area contributed by atoms with Crippen LogP contribution in [-0.4, -0.2) is 35.4 Å². The smallest absolute Gasteiger partial charge is 0.257 e. The molecule has 0 spiro atoms. The van der Waals surface area contributed by atoms with Crippen LogP contribution in [0.25, 0.3) is 0 Å². The van der Waals surface area contributed by atoms with Crippen LogP contribution in [0, 0.1) is 11.8 Å². The van der Waals surface area contributed by atoms with Crippen molar-refractivity contribution in [2.24, 2.45) is 11.8 Å². The highest BCUT2D eigenvalue weighted by molar-refractivity contribution is 5.98. The van der Waals surface area contributed by atoms with Crippen LogP contribution in [0.2, 0.25) is 0 Å². The first-order valence-electron chi connectivity index (χ1n) is 7.61. The highest BCUT2D eigenvalue weighted by Gasteiger charge is 2.27. The Morgan fingerprint density at radius 3 is 2.95 bits per heavy atom. The average Bonchev–Trinajstić information content (AvgIpc) is 2.47. The Balaban J connectivity index is 2.12. The third-order valence-corrected chi connectivity index (χ3v) is 4.20. The summed E-state index contributed by atoms with van der Waals surface area (Å²) in [5, 5.41) is 3.24. The van der Waals surface area contributed by atoms with E-state index in [0.29, 0.717) is 23.2 Å². The van der Waals surface area contributed by atoms with E-state index in [9.17, 15) is 4.79 Å². The van der Waals surface area contributed by atoms with E-state index < -0.39 is 0 Å². The standard InChI is InChI=1S/C16H25N3O/c1-4-8-17-15-14(6-5-9-18-15)16(20)19-10-7-12(2)13(3)11-19/h5-6,9,12-13H,4,7-8,10-11H2,1-3H3,(H,17,18). The molecule has 4 nitrogen and oxygen atoms in total. The molecule has 110 valence electrons. The van der Waals surface area contributed by atoms with Gasteiger partial charge in [-0.1, -0.05) is 20.8 Å². The molecule has 2 unspecified atom stereocenters. The summed E-state index contributed by atoms with van der Waals surface area (Å²) in [7, 11) is 0. The quantitative estimate of drug-likeness (QED) is 0.918. The van der Waals surface area contributed by atoms with Gasteiger partial charge in [-0.05, 0) is 36.8 Å². The van der Waals surface area contributed by atoms with Crippen LogP contribution in [-0.2, 0) is 0 Å². The second kappa shape index (κ2) is 6.73. The summed E-state index contributed by atoms with van der Waals surface area (Å²) in [6.45, 7) is 9.14. The van der Waals surface area contributed by atoms with Crippen molar-refractivity contribution in [3.05, 3.63) is 23.9 Å². The zero-order valence-electron chi connectivity index (χ0n) is 12.7. The van der Waals surface area contributed by atoms with Gasteiger partial charge in [0.1, 0.15) is 5.82 Å². The lowest BCUT2D eigenvalue weighted by atomic mass is 9.88. The maximum atomic E-state index is 12.7. The van der Waals surface area contributed by atoms with Gasteiger partial charge in [0.2, 0.25) is 0 Å². The largest absolute Gasteiger partial charge is 0.369 e. The van der Waals surface area contributed by atoms with E-state index >= 15 is 0 Å². The first kappa shape index (κ1) is 14.8. The summed E-state index contributed by atoms with van der Waals surface area (Å²) in [6, 6.07) is 3.70. The van der Waals surface area contributed by atoms with Gasteiger partial charge in [-0.3, -0.25) is 4.79 Å². The number of carbonyl (C=O) groups excluding carboxylic acids is 1. The minimum absolute atomic E-state index is 0.107. The molecule has 2 heterocycles. The van der Waals surface area contributed by atoms with E-state index in [1.165, 1.54) is 0 Å². The number of piperidine rings is 1. The molecular formula is C16H25N3O. The van der Waals surface area contributed by atoms with E-state index in [0.717, 1.165) is 32.5 Å². The molecule has 2 rings (SSSR count). The third-order valence-electron chi connectivity index (χ3n) is 4.20. The maximum Gasteiger partial charge on any atom is 0.257 e. The van der Waals surface area contributed by atoms with Gasteiger partial charge in [0.15, 0.2) is 0 Å². The Bertz CT molecular complexity index is 461. The summed E-state index contributed by atoms with van der Waals surface area (Å²) < 4.78 is 0. The van der Waals surface area contributed by atoms with Crippen molar-refractivity contribution in [1.82, 2.24) is 9.88 Å². The maximum absolute atomic E-state index is 12.7. The lowest BCUT2D eigenvalue weighted by molar-refractivity contribution is 0.0628. The van der Waals surface area contributed by atoms with Crippen LogP contribution in [0.5, 0.6) is 0 Å². The number of likely N-dealkylation sites (tertiary alicyclic amines) is 1. The summed E-state index contributed by atoms with van der Waals surface area (Å²) in [5.41, 5.74) is 0.697. The second-order valence-electron chi connectivity index (χ2n) is 5.82. The van der Waals surface area contributed by atoms with Crippen LogP contribution in [0.1, 0.15) is 44.0 Å². The van der Waals surface area contributed by atoms with E-state index in [-0.39, 0.29) is 5.91 Å². The molecule has 1 N–H and O–H groups in total. The number of nitrogens with one attached hydrogen (secondary N) is 1. The van der Waals surface area contributed by atoms with Crippen molar-refractivity contribution in [3.8, 4) is 0 Å². The van der Waals surface area contributed by atoms with E-state index in [1.807, 2.05) is 17.0 Å². The molecule has 0 radical (unpaired) electrons. The van der Waals surface area contributed by atoms with Crippen LogP contribution in [0.15, 0.2) is 18.3 Å². The summed E-state index contributed by atoms with van der Waals surface area (Å²) >= 11 is 0. The van der Waals surface area contributed by atoms with Crippen molar-refractivity contribution in [1.29, 1.82) is 0 Å². The van der Waals surface area contributed by atoms with Crippen LogP contribution in [0.4, 0.5) is 5.82 Å². The second-order valence-corrected chi connectivity index (χ2v) is 5.82. The molecule has 1 fully saturated rings. The molecule has 1 aromatic heterocycles. The molecule has 4 heteroatoms. The Kier molecular flexibility index (Phi) is 4.99. The van der Waals surface area contributed by atoms with Crippen molar-refractivity contribution in [3.63, 3.8) is 0 Å². The summed E-state index contributed by atoms with van der Waals surface area (Å²) in [5.74, 6) is 2.09. The minimum atomic E-state index is 0.107. The van der Waals surface area contributed by atoms with E-state index in [1.54, 1.807) is 6.20 Å². The Hall–Kier alpha value is -1.58. The van der Waals surface area contributed by atoms with Gasteiger partial charge in [-0.15, -0.1) is 0 Å². The monoisotopic (exact) mass is 275 g/mol. The fraction of sp³-hybridized carbons (Fsp3) is 0.625. The van der Waals surface area contributed by atoms with Crippen LogP contribution < -0.4 is 5.32 Å². The minimum Gasteiger partial charge on any atom is -0.369 e. The van der Waals surface area contributed by atoms with Gasteiger partial charge in [-0.2, -0.15) is 0 Å². The zero-order valence-corrected chi connectivity index (χ0v) is 12.7. The molecule has 0 aromatic carbocycles. The number of nitrogens with zero attached hydrogens (tertiary/aromatic N) is 2. The lowest BCUT2D eigenvalue weighted by Crippen LogP contribution is -2.42. The molecule has 0 saturated carbocycles. The van der Waals surface area contributed by atoms with E-state index in [2.05, 4.69) is 31.1 Å². The Morgan fingerprint density at radius 1 is 1.45 bits per heavy atom. The molecule has 1 saturated heterocycles. The zero-order chi connectivity index (χ0) is 14.5. The van der Waals surface area contributed by atoms with Crippen LogP contribution in [0.3, 0.4) is 0 Å². The van der Waals surface area contributed by atoms with Gasteiger partial charge in [0.05, 0.1) is 5.56 Å². The topological polar surface area (TPSA) is 45.2 Å². The molecule has 0 bridgehead atoms. The number of hydrogen-bond acceptors (Lipinski definition) is 3. The predicted molar refractivity (Wildman–Crippen MR) is 81.9 cm³/mol. The third kappa shape index (κ3) is 3.30. The average molecular weight is 275 g/mol. The predicted octanol–water partition coefficient (Wildman–Crippen LogP) is 3.02. The highest BCUT2D eigenvalue weighted by atomic mass is 16.2. The Labute approximate surface area is 121 Å².